The molecule has 5 nitrogen and oxygen atoms in total. The molecule has 9 heteroatoms. The SMILES string of the molecule is C[C@@H]([C@H]1C[C@@H]2CC[C@@H]1C2)n1c(COc2ccccc2F)nnc1SCC(=O)c1ccc(Cl)s1. The van der Waals surface area contributed by atoms with Gasteiger partial charge in [0.15, 0.2) is 28.3 Å². The van der Waals surface area contributed by atoms with E-state index < -0.39 is 5.82 Å². The van der Waals surface area contributed by atoms with Gasteiger partial charge in [-0.25, -0.2) is 4.39 Å². The molecule has 2 bridgehead atoms. The molecule has 2 saturated carbocycles. The molecule has 0 N–H and O–H groups in total. The second-order valence-electron chi connectivity index (χ2n) is 8.88. The van der Waals surface area contributed by atoms with E-state index in [-0.39, 0.29) is 29.9 Å². The highest BCUT2D eigenvalue weighted by Crippen LogP contribution is 2.52. The van der Waals surface area contributed by atoms with Gasteiger partial charge in [0, 0.05) is 6.04 Å². The summed E-state index contributed by atoms with van der Waals surface area (Å²) >= 11 is 8.66. The van der Waals surface area contributed by atoms with Gasteiger partial charge in [-0.15, -0.1) is 21.5 Å². The van der Waals surface area contributed by atoms with Gasteiger partial charge in [-0.1, -0.05) is 41.9 Å². The molecule has 0 aliphatic heterocycles. The molecule has 2 aromatic heterocycles. The van der Waals surface area contributed by atoms with E-state index in [9.17, 15) is 9.18 Å². The number of carbonyl (C=O) groups excluding carboxylic acids is 1. The van der Waals surface area contributed by atoms with Crippen LogP contribution in [0.25, 0.3) is 0 Å². The minimum absolute atomic E-state index is 0.0168. The average molecular weight is 506 g/mol. The molecular formula is C24H25ClFN3O2S2. The van der Waals surface area contributed by atoms with Gasteiger partial charge in [0.1, 0.15) is 6.61 Å². The number of nitrogens with zero attached hydrogens (tertiary/aromatic N) is 3. The first kappa shape index (κ1) is 22.9. The molecule has 0 spiro atoms. The third kappa shape index (κ3) is 4.84. The highest BCUT2D eigenvalue weighted by Gasteiger charge is 2.43. The lowest BCUT2D eigenvalue weighted by Gasteiger charge is -2.30. The van der Waals surface area contributed by atoms with Crippen molar-refractivity contribution in [3.63, 3.8) is 0 Å². The van der Waals surface area contributed by atoms with Crippen molar-refractivity contribution in [2.24, 2.45) is 17.8 Å². The highest BCUT2D eigenvalue weighted by molar-refractivity contribution is 7.99. The molecule has 0 radical (unpaired) electrons. The summed E-state index contributed by atoms with van der Waals surface area (Å²) in [5.41, 5.74) is 0. The van der Waals surface area contributed by atoms with E-state index in [0.717, 1.165) is 11.8 Å². The summed E-state index contributed by atoms with van der Waals surface area (Å²) in [4.78, 5) is 13.3. The molecule has 3 aromatic rings. The van der Waals surface area contributed by atoms with Crippen LogP contribution in [0.1, 0.15) is 54.1 Å². The number of benzene rings is 1. The molecule has 2 aliphatic carbocycles. The third-order valence-electron chi connectivity index (χ3n) is 6.93. The predicted molar refractivity (Wildman–Crippen MR) is 129 cm³/mol. The summed E-state index contributed by atoms with van der Waals surface area (Å²) in [6, 6.07) is 10.0. The van der Waals surface area contributed by atoms with Crippen LogP contribution in [0.15, 0.2) is 41.6 Å². The van der Waals surface area contributed by atoms with Gasteiger partial charge in [0.05, 0.1) is 15.0 Å². The normalized spacial score (nSPS) is 22.6. The lowest BCUT2D eigenvalue weighted by atomic mass is 9.84. The number of fused-ring (bicyclic) bond motifs is 2. The van der Waals surface area contributed by atoms with Crippen LogP contribution >= 0.6 is 34.7 Å². The Labute approximate surface area is 205 Å². The first-order valence-electron chi connectivity index (χ1n) is 11.2. The van der Waals surface area contributed by atoms with Gasteiger partial charge in [0.2, 0.25) is 0 Å². The zero-order valence-electron chi connectivity index (χ0n) is 18.2. The molecule has 0 amide bonds. The van der Waals surface area contributed by atoms with Gasteiger partial charge in [-0.2, -0.15) is 0 Å². The third-order valence-corrected chi connectivity index (χ3v) is 9.14. The fourth-order valence-corrected chi connectivity index (χ4v) is 7.36. The smallest absolute Gasteiger partial charge is 0.192 e. The summed E-state index contributed by atoms with van der Waals surface area (Å²) in [5.74, 6) is 2.81. The molecule has 5 rings (SSSR count). The molecule has 2 aliphatic rings. The van der Waals surface area contributed by atoms with Crippen LogP contribution in [0.4, 0.5) is 4.39 Å². The largest absolute Gasteiger partial charge is 0.483 e. The lowest BCUT2D eigenvalue weighted by Crippen LogP contribution is -2.24. The standard InChI is InChI=1S/C24H25ClFN3O2S2/c1-14(17-11-15-6-7-16(17)10-15)29-23(12-31-20-5-3-2-4-18(20)26)27-28-24(29)32-13-19(30)21-8-9-22(25)33-21/h2-5,8-9,14-17H,6-7,10-13H2,1H3/t14-,15+,16+,17+/m0/s1. The Hall–Kier alpha value is -1.90. The van der Waals surface area contributed by atoms with Crippen molar-refractivity contribution in [1.29, 1.82) is 0 Å². The monoisotopic (exact) mass is 505 g/mol. The Kier molecular flexibility index (Phi) is 6.77. The molecule has 2 heterocycles. The minimum atomic E-state index is -0.403. The Balaban J connectivity index is 1.36. The first-order chi connectivity index (χ1) is 16.0. The van der Waals surface area contributed by atoms with E-state index in [1.54, 1.807) is 30.3 Å². The Morgan fingerprint density at radius 1 is 1.27 bits per heavy atom. The first-order valence-corrected chi connectivity index (χ1v) is 13.4. The van der Waals surface area contributed by atoms with Crippen LogP contribution in [-0.2, 0) is 6.61 Å². The maximum atomic E-state index is 14.1. The molecular weight excluding hydrogens is 481 g/mol. The van der Waals surface area contributed by atoms with Crippen molar-refractivity contribution in [2.75, 3.05) is 5.75 Å². The van der Waals surface area contributed by atoms with Crippen LogP contribution in [0.5, 0.6) is 5.75 Å². The van der Waals surface area contributed by atoms with Crippen molar-refractivity contribution in [3.05, 3.63) is 57.3 Å². The average Bonchev–Trinajstić information content (AvgIpc) is 3.60. The maximum absolute atomic E-state index is 14.1. The van der Waals surface area contributed by atoms with E-state index in [1.807, 2.05) is 0 Å². The number of thioether (sulfide) groups is 1. The van der Waals surface area contributed by atoms with Crippen molar-refractivity contribution < 1.29 is 13.9 Å². The van der Waals surface area contributed by atoms with Crippen LogP contribution in [0.3, 0.4) is 0 Å². The van der Waals surface area contributed by atoms with Crippen molar-refractivity contribution in [3.8, 4) is 5.75 Å². The molecule has 0 unspecified atom stereocenters. The van der Waals surface area contributed by atoms with E-state index in [1.165, 1.54) is 54.8 Å². The van der Waals surface area contributed by atoms with Crippen molar-refractivity contribution in [1.82, 2.24) is 14.8 Å². The second-order valence-corrected chi connectivity index (χ2v) is 11.5. The number of aromatic nitrogens is 3. The Bertz CT molecular complexity index is 1150. The molecule has 1 aromatic carbocycles. The zero-order chi connectivity index (χ0) is 22.9. The fraction of sp³-hybridized carbons (Fsp3) is 0.458. The maximum Gasteiger partial charge on any atom is 0.192 e. The van der Waals surface area contributed by atoms with Crippen molar-refractivity contribution in [2.45, 2.75) is 50.4 Å². The van der Waals surface area contributed by atoms with Crippen LogP contribution in [0.2, 0.25) is 4.34 Å². The van der Waals surface area contributed by atoms with E-state index in [0.29, 0.717) is 26.1 Å². The lowest BCUT2D eigenvalue weighted by molar-refractivity contribution is 0.102. The number of Topliss-reactive ketones (excluding diaryl/α,β-unsaturated/α-hetero) is 1. The number of hydrogen-bond acceptors (Lipinski definition) is 6. The quantitative estimate of drug-likeness (QED) is 0.240. The van der Waals surface area contributed by atoms with Gasteiger partial charge >= 0.3 is 0 Å². The van der Waals surface area contributed by atoms with Gasteiger partial charge in [-0.05, 0) is 68.2 Å². The fourth-order valence-electron chi connectivity index (χ4n) is 5.36. The van der Waals surface area contributed by atoms with E-state index >= 15 is 0 Å². The topological polar surface area (TPSA) is 57.0 Å². The summed E-state index contributed by atoms with van der Waals surface area (Å²) in [6.45, 7) is 2.33. The number of carbonyl (C=O) groups is 1. The second kappa shape index (κ2) is 9.76. The summed E-state index contributed by atoms with van der Waals surface area (Å²) in [7, 11) is 0. The molecule has 4 atom stereocenters. The highest BCUT2D eigenvalue weighted by atomic mass is 35.5. The number of ether oxygens (including phenoxy) is 1. The van der Waals surface area contributed by atoms with E-state index in [2.05, 4.69) is 21.7 Å². The zero-order valence-corrected chi connectivity index (χ0v) is 20.6. The minimum Gasteiger partial charge on any atom is -0.483 e. The molecule has 2 fully saturated rings. The number of hydrogen-bond donors (Lipinski definition) is 0. The number of halogens is 2. The number of rotatable bonds is 9. The predicted octanol–water partition coefficient (Wildman–Crippen LogP) is 6.68. The number of thiophene rings is 1. The molecule has 33 heavy (non-hydrogen) atoms. The van der Waals surface area contributed by atoms with E-state index in [4.69, 9.17) is 16.3 Å². The van der Waals surface area contributed by atoms with Gasteiger partial charge < -0.3 is 4.74 Å². The molecule has 0 saturated heterocycles. The van der Waals surface area contributed by atoms with Crippen molar-refractivity contribution >= 4 is 40.5 Å². The number of ketones is 1. The Morgan fingerprint density at radius 2 is 2.12 bits per heavy atom. The van der Waals surface area contributed by atoms with Crippen LogP contribution in [0, 0.1) is 23.6 Å². The Morgan fingerprint density at radius 3 is 2.82 bits per heavy atom. The molecule has 174 valence electrons. The van der Waals surface area contributed by atoms with Gasteiger partial charge in [-0.3, -0.25) is 9.36 Å². The number of para-hydroxylation sites is 1. The summed E-state index contributed by atoms with van der Waals surface area (Å²) in [5, 5.41) is 9.49. The van der Waals surface area contributed by atoms with Crippen LogP contribution < -0.4 is 4.74 Å². The summed E-state index contributed by atoms with van der Waals surface area (Å²) in [6.07, 6.45) is 5.13. The van der Waals surface area contributed by atoms with Crippen LogP contribution in [-0.4, -0.2) is 26.3 Å². The van der Waals surface area contributed by atoms with Gasteiger partial charge in [0.25, 0.3) is 0 Å². The summed E-state index contributed by atoms with van der Waals surface area (Å²) < 4.78 is 22.5.